The quantitative estimate of drug-likeness (QED) is 0.600. The summed E-state index contributed by atoms with van der Waals surface area (Å²) in [5.41, 5.74) is 3.95. The molecule has 1 atom stereocenters. The largest absolute Gasteiger partial charge is 0.491 e. The van der Waals surface area contributed by atoms with Crippen LogP contribution in [-0.2, 0) is 17.5 Å². The highest BCUT2D eigenvalue weighted by Gasteiger charge is 2.18. The second-order valence-corrected chi connectivity index (χ2v) is 7.58. The van der Waals surface area contributed by atoms with Crippen LogP contribution in [0.2, 0.25) is 0 Å². The van der Waals surface area contributed by atoms with Crippen LogP contribution in [0.15, 0.2) is 42.5 Å². The van der Waals surface area contributed by atoms with Gasteiger partial charge in [0, 0.05) is 29.4 Å². The van der Waals surface area contributed by atoms with Crippen molar-refractivity contribution in [3.05, 3.63) is 48.0 Å². The van der Waals surface area contributed by atoms with Gasteiger partial charge < -0.3 is 14.0 Å². The second-order valence-electron chi connectivity index (χ2n) is 6.11. The van der Waals surface area contributed by atoms with E-state index in [9.17, 15) is 13.9 Å². The third kappa shape index (κ3) is 3.87. The zero-order chi connectivity index (χ0) is 20.1. The SMILES string of the molecule is CCn1c(-c2ccc(NS(=O)CC)cc2)c(C#N)c2ccc(OCCF)cc21. The number of nitriles is 1. The van der Waals surface area contributed by atoms with E-state index in [1.807, 2.05) is 50.2 Å². The molecule has 0 aliphatic rings. The number of nitrogens with one attached hydrogen (secondary N) is 1. The molecule has 0 spiro atoms. The van der Waals surface area contributed by atoms with Gasteiger partial charge in [-0.05, 0) is 36.8 Å². The van der Waals surface area contributed by atoms with E-state index in [0.717, 1.165) is 27.8 Å². The number of fused-ring (bicyclic) bond motifs is 1. The first-order valence-corrected chi connectivity index (χ1v) is 10.4. The van der Waals surface area contributed by atoms with E-state index < -0.39 is 17.7 Å². The van der Waals surface area contributed by atoms with Crippen LogP contribution < -0.4 is 9.46 Å². The van der Waals surface area contributed by atoms with Crippen molar-refractivity contribution >= 4 is 27.6 Å². The second kappa shape index (κ2) is 8.89. The predicted octanol–water partition coefficient (Wildman–Crippen LogP) is 4.64. The first-order chi connectivity index (χ1) is 13.6. The summed E-state index contributed by atoms with van der Waals surface area (Å²) in [5.74, 6) is 1.10. The Labute approximate surface area is 166 Å². The third-order valence-electron chi connectivity index (χ3n) is 4.46. The molecule has 0 radical (unpaired) electrons. The molecule has 0 aliphatic heterocycles. The Morgan fingerprint density at radius 3 is 2.57 bits per heavy atom. The van der Waals surface area contributed by atoms with E-state index in [1.54, 1.807) is 6.07 Å². The Kier molecular flexibility index (Phi) is 6.32. The zero-order valence-corrected chi connectivity index (χ0v) is 16.7. The van der Waals surface area contributed by atoms with Crippen LogP contribution in [0.1, 0.15) is 19.4 Å². The summed E-state index contributed by atoms with van der Waals surface area (Å²) >= 11 is 0. The Morgan fingerprint density at radius 2 is 1.96 bits per heavy atom. The zero-order valence-electron chi connectivity index (χ0n) is 15.9. The molecule has 1 aromatic heterocycles. The monoisotopic (exact) mass is 399 g/mol. The molecule has 146 valence electrons. The highest BCUT2D eigenvalue weighted by molar-refractivity contribution is 7.86. The van der Waals surface area contributed by atoms with E-state index in [0.29, 0.717) is 23.6 Å². The van der Waals surface area contributed by atoms with Crippen LogP contribution in [0.3, 0.4) is 0 Å². The maximum absolute atomic E-state index is 12.4. The number of hydrogen-bond donors (Lipinski definition) is 1. The lowest BCUT2D eigenvalue weighted by atomic mass is 10.1. The summed E-state index contributed by atoms with van der Waals surface area (Å²) in [4.78, 5) is 0. The van der Waals surface area contributed by atoms with E-state index in [-0.39, 0.29) is 6.61 Å². The van der Waals surface area contributed by atoms with Gasteiger partial charge in [0.05, 0.1) is 16.8 Å². The topological polar surface area (TPSA) is 67.0 Å². The molecule has 3 aromatic rings. The van der Waals surface area contributed by atoms with Crippen molar-refractivity contribution in [3.63, 3.8) is 0 Å². The predicted molar refractivity (Wildman–Crippen MR) is 112 cm³/mol. The number of hydrogen-bond acceptors (Lipinski definition) is 3. The van der Waals surface area contributed by atoms with Crippen LogP contribution in [0.25, 0.3) is 22.2 Å². The lowest BCUT2D eigenvalue weighted by molar-refractivity contribution is 0.273. The Bertz CT molecular complexity index is 1040. The summed E-state index contributed by atoms with van der Waals surface area (Å²) in [6, 6.07) is 15.3. The van der Waals surface area contributed by atoms with Gasteiger partial charge in [-0.1, -0.05) is 19.1 Å². The van der Waals surface area contributed by atoms with E-state index >= 15 is 0 Å². The van der Waals surface area contributed by atoms with Crippen molar-refractivity contribution in [1.29, 1.82) is 5.26 Å². The summed E-state index contributed by atoms with van der Waals surface area (Å²) in [7, 11) is -1.11. The van der Waals surface area contributed by atoms with Gasteiger partial charge in [-0.25, -0.2) is 8.60 Å². The van der Waals surface area contributed by atoms with Crippen molar-refractivity contribution in [3.8, 4) is 23.1 Å². The van der Waals surface area contributed by atoms with Crippen LogP contribution in [0.5, 0.6) is 5.75 Å². The average molecular weight is 399 g/mol. The van der Waals surface area contributed by atoms with Crippen molar-refractivity contribution in [1.82, 2.24) is 4.57 Å². The maximum atomic E-state index is 12.4. The number of aromatic nitrogens is 1. The number of anilines is 1. The average Bonchev–Trinajstić information content (AvgIpc) is 3.05. The number of rotatable bonds is 8. The minimum Gasteiger partial charge on any atom is -0.491 e. The van der Waals surface area contributed by atoms with Gasteiger partial charge in [-0.15, -0.1) is 0 Å². The first-order valence-electron chi connectivity index (χ1n) is 9.13. The van der Waals surface area contributed by atoms with Gasteiger partial charge in [-0.3, -0.25) is 0 Å². The number of aryl methyl sites for hydroxylation is 1. The van der Waals surface area contributed by atoms with Crippen molar-refractivity contribution in [2.24, 2.45) is 0 Å². The third-order valence-corrected chi connectivity index (χ3v) is 5.45. The van der Waals surface area contributed by atoms with Crippen molar-refractivity contribution < 1.29 is 13.3 Å². The highest BCUT2D eigenvalue weighted by Crippen LogP contribution is 2.35. The fourth-order valence-corrected chi connectivity index (χ4v) is 3.76. The molecule has 1 unspecified atom stereocenters. The van der Waals surface area contributed by atoms with Gasteiger partial charge in [0.15, 0.2) is 0 Å². The molecule has 1 heterocycles. The molecule has 1 N–H and O–H groups in total. The summed E-state index contributed by atoms with van der Waals surface area (Å²) in [6.45, 7) is 3.98. The summed E-state index contributed by atoms with van der Waals surface area (Å²) < 4.78 is 34.5. The lowest BCUT2D eigenvalue weighted by Gasteiger charge is -2.11. The molecular weight excluding hydrogens is 377 g/mol. The number of nitrogens with zero attached hydrogens (tertiary/aromatic N) is 2. The minimum atomic E-state index is -1.11. The normalized spacial score (nSPS) is 11.9. The van der Waals surface area contributed by atoms with Crippen molar-refractivity contribution in [2.75, 3.05) is 23.8 Å². The molecule has 3 rings (SSSR count). The molecule has 0 fully saturated rings. The molecular formula is C21H22FN3O2S. The van der Waals surface area contributed by atoms with E-state index in [1.165, 1.54) is 0 Å². The Balaban J connectivity index is 2.09. The molecule has 0 bridgehead atoms. The highest BCUT2D eigenvalue weighted by atomic mass is 32.2. The summed E-state index contributed by atoms with van der Waals surface area (Å²) in [5, 5.41) is 10.6. The molecule has 28 heavy (non-hydrogen) atoms. The van der Waals surface area contributed by atoms with E-state index in [4.69, 9.17) is 4.74 Å². The van der Waals surface area contributed by atoms with E-state index in [2.05, 4.69) is 15.4 Å². The number of alkyl halides is 1. The van der Waals surface area contributed by atoms with Crippen molar-refractivity contribution in [2.45, 2.75) is 20.4 Å². The fraction of sp³-hybridized carbons (Fsp3) is 0.286. The smallest absolute Gasteiger partial charge is 0.123 e. The number of halogens is 1. The Morgan fingerprint density at radius 1 is 1.21 bits per heavy atom. The minimum absolute atomic E-state index is 0.00387. The van der Waals surface area contributed by atoms with Gasteiger partial charge in [-0.2, -0.15) is 5.26 Å². The molecule has 0 amide bonds. The molecule has 7 heteroatoms. The fourth-order valence-electron chi connectivity index (χ4n) is 3.22. The first kappa shape index (κ1) is 19.9. The van der Waals surface area contributed by atoms with Gasteiger partial charge in [0.25, 0.3) is 0 Å². The molecule has 0 aliphatic carbocycles. The van der Waals surface area contributed by atoms with Crippen LogP contribution in [-0.4, -0.2) is 27.8 Å². The maximum Gasteiger partial charge on any atom is 0.123 e. The molecule has 0 saturated heterocycles. The molecule has 0 saturated carbocycles. The standard InChI is InChI=1S/C21H22FN3O2S/c1-3-25-20-13-17(27-12-11-22)9-10-18(20)19(14-23)21(25)15-5-7-16(8-6-15)24-28(26)4-2/h5-10,13,24H,3-4,11-12H2,1-2H3. The molecule has 2 aromatic carbocycles. The number of ether oxygens (including phenoxy) is 1. The van der Waals surface area contributed by atoms with Gasteiger partial charge in [0.1, 0.15) is 36.1 Å². The lowest BCUT2D eigenvalue weighted by Crippen LogP contribution is -2.05. The summed E-state index contributed by atoms with van der Waals surface area (Å²) in [6.07, 6.45) is 0. The Hall–Kier alpha value is -2.85. The van der Waals surface area contributed by atoms with Gasteiger partial charge in [0.2, 0.25) is 0 Å². The van der Waals surface area contributed by atoms with Crippen LogP contribution >= 0.6 is 0 Å². The number of benzene rings is 2. The van der Waals surface area contributed by atoms with Gasteiger partial charge >= 0.3 is 0 Å². The van der Waals surface area contributed by atoms with Crippen LogP contribution in [0.4, 0.5) is 10.1 Å². The van der Waals surface area contributed by atoms with Crippen LogP contribution in [0, 0.1) is 11.3 Å². The molecule has 5 nitrogen and oxygen atoms in total.